The average Bonchev–Trinajstić information content (AvgIpc) is 3.01. The predicted octanol–water partition coefficient (Wildman–Crippen LogP) is 7.92. The van der Waals surface area contributed by atoms with Gasteiger partial charge in [-0.25, -0.2) is 0 Å². The second kappa shape index (κ2) is 16.1. The van der Waals surface area contributed by atoms with Crippen LogP contribution in [0.2, 0.25) is 0 Å². The van der Waals surface area contributed by atoms with Crippen LogP contribution >= 0.6 is 0 Å². The molecule has 3 atom stereocenters. The second-order valence-corrected chi connectivity index (χ2v) is 8.04. The van der Waals surface area contributed by atoms with Crippen LogP contribution in [0.15, 0.2) is 145 Å². The topological polar surface area (TPSA) is 84.6 Å². The Hall–Kier alpha value is -3.70. The van der Waals surface area contributed by atoms with Crippen molar-refractivity contribution < 1.29 is 19.5 Å². The van der Waals surface area contributed by atoms with Crippen molar-refractivity contribution in [3.05, 3.63) is 177 Å². The molecule has 0 saturated heterocycles. The molecule has 6 aliphatic heterocycles. The number of rotatable bonds is 3. The summed E-state index contributed by atoms with van der Waals surface area (Å²) in [6.45, 7) is 2.36. The van der Waals surface area contributed by atoms with Gasteiger partial charge in [-0.15, -0.1) is 37.9 Å². The zero-order valence-corrected chi connectivity index (χ0v) is 22.3. The monoisotopic (exact) mass is 576 g/mol. The van der Waals surface area contributed by atoms with Gasteiger partial charge in [0, 0.05) is 0 Å². The Morgan fingerprint density at radius 2 is 0.757 bits per heavy atom. The summed E-state index contributed by atoms with van der Waals surface area (Å²) in [6.07, 6.45) is 41.6. The van der Waals surface area contributed by atoms with Gasteiger partial charge in [-0.1, -0.05) is 109 Å². The van der Waals surface area contributed by atoms with Crippen LogP contribution < -0.4 is 0 Å². The molecule has 6 heterocycles. The zero-order chi connectivity index (χ0) is 24.7. The van der Waals surface area contributed by atoms with Crippen molar-refractivity contribution in [1.82, 2.24) is 0 Å². The molecule has 186 valence electrons. The molecule has 0 aromatic rings. The quantitative estimate of drug-likeness (QED) is 0.306. The van der Waals surface area contributed by atoms with Gasteiger partial charge in [0.2, 0.25) is 0 Å². The molecule has 6 rings (SSSR count). The standard InChI is InChI=1S/3C10H10N2.Ru/c3*1-3-7-11-9(5-1)10-6-2-4-8-12-10;/h3*1-7,9H,8H2;/q3*-2;+8. The molecule has 37 heavy (non-hydrogen) atoms. The van der Waals surface area contributed by atoms with Crippen LogP contribution in [0.4, 0.5) is 0 Å². The number of nitrogens with zero attached hydrogens (tertiary/aromatic N) is 6. The van der Waals surface area contributed by atoms with Crippen LogP contribution in [0, 0.1) is 0 Å². The van der Waals surface area contributed by atoms with Crippen molar-refractivity contribution in [3.63, 3.8) is 0 Å². The van der Waals surface area contributed by atoms with Gasteiger partial charge in [0.1, 0.15) is 0 Å². The van der Waals surface area contributed by atoms with Gasteiger partial charge < -0.3 is 31.9 Å². The minimum Gasteiger partial charge on any atom is -0.685 e. The fourth-order valence-electron chi connectivity index (χ4n) is 3.65. The summed E-state index contributed by atoms with van der Waals surface area (Å²) in [6, 6.07) is 0.417. The third kappa shape index (κ3) is 9.36. The molecule has 0 spiro atoms. The Morgan fingerprint density at radius 1 is 0.432 bits per heavy atom. The van der Waals surface area contributed by atoms with E-state index in [4.69, 9.17) is 0 Å². The van der Waals surface area contributed by atoms with E-state index in [9.17, 15) is 0 Å². The first-order valence-electron chi connectivity index (χ1n) is 12.1. The average molecular weight is 576 g/mol. The molecule has 0 aromatic carbocycles. The summed E-state index contributed by atoms with van der Waals surface area (Å²) in [5.74, 6) is 0. The normalized spacial score (nSPS) is 25.3. The van der Waals surface area contributed by atoms with Crippen LogP contribution in [0.3, 0.4) is 0 Å². The van der Waals surface area contributed by atoms with Gasteiger partial charge in [0.25, 0.3) is 0 Å². The maximum Gasteiger partial charge on any atom is 8.00 e. The fourth-order valence-corrected chi connectivity index (χ4v) is 3.65. The fraction of sp³-hybridized carbons (Fsp3) is 0.200. The molecule has 0 N–H and O–H groups in total. The molecule has 0 bridgehead atoms. The van der Waals surface area contributed by atoms with Crippen LogP contribution in [0.25, 0.3) is 31.9 Å². The van der Waals surface area contributed by atoms with Gasteiger partial charge in [0.15, 0.2) is 0 Å². The van der Waals surface area contributed by atoms with Crippen LogP contribution in [0.1, 0.15) is 0 Å². The van der Waals surface area contributed by atoms with E-state index in [0.29, 0.717) is 0 Å². The summed E-state index contributed by atoms with van der Waals surface area (Å²) in [5.41, 5.74) is 3.16. The van der Waals surface area contributed by atoms with Gasteiger partial charge in [-0.05, 0) is 0 Å². The molecule has 6 nitrogen and oxygen atoms in total. The molecule has 3 unspecified atom stereocenters. The molecule has 0 fully saturated rings. The molecular formula is C30H30N6Ru+2. The van der Waals surface area contributed by atoms with E-state index in [2.05, 4.69) is 50.1 Å². The Balaban J connectivity index is 0.000000152. The van der Waals surface area contributed by atoms with Crippen molar-refractivity contribution >= 4 is 0 Å². The van der Waals surface area contributed by atoms with Gasteiger partial charge in [0.05, 0.1) is 0 Å². The van der Waals surface area contributed by atoms with Gasteiger partial charge in [-0.3, -0.25) is 0 Å². The molecule has 0 aromatic heterocycles. The van der Waals surface area contributed by atoms with Crippen LogP contribution in [-0.4, -0.2) is 37.8 Å². The van der Waals surface area contributed by atoms with E-state index in [1.807, 2.05) is 110 Å². The summed E-state index contributed by atoms with van der Waals surface area (Å²) < 4.78 is 0. The maximum absolute atomic E-state index is 4.35. The number of hydrogen-bond acceptors (Lipinski definition) is 0. The molecular weight excluding hydrogens is 545 g/mol. The van der Waals surface area contributed by atoms with Gasteiger partial charge >= 0.3 is 19.5 Å². The van der Waals surface area contributed by atoms with Crippen molar-refractivity contribution in [2.24, 2.45) is 0 Å². The summed E-state index contributed by atoms with van der Waals surface area (Å²) in [5, 5.41) is 25.9. The Morgan fingerprint density at radius 3 is 0.973 bits per heavy atom. The Bertz CT molecular complexity index is 959. The van der Waals surface area contributed by atoms with Crippen molar-refractivity contribution in [3.8, 4) is 0 Å². The third-order valence-electron chi connectivity index (χ3n) is 5.47. The molecule has 0 saturated carbocycles. The first-order valence-corrected chi connectivity index (χ1v) is 12.1. The summed E-state index contributed by atoms with van der Waals surface area (Å²) >= 11 is 0. The smallest absolute Gasteiger partial charge is 0.685 e. The van der Waals surface area contributed by atoms with Crippen molar-refractivity contribution in [2.45, 2.75) is 18.1 Å². The van der Waals surface area contributed by atoms with Crippen molar-refractivity contribution in [2.75, 3.05) is 19.6 Å². The third-order valence-corrected chi connectivity index (χ3v) is 5.47. The largest absolute Gasteiger partial charge is 8.00 e. The molecule has 0 radical (unpaired) electrons. The van der Waals surface area contributed by atoms with E-state index in [-0.39, 0.29) is 37.6 Å². The summed E-state index contributed by atoms with van der Waals surface area (Å²) in [4.78, 5) is 0. The van der Waals surface area contributed by atoms with Crippen molar-refractivity contribution in [1.29, 1.82) is 0 Å². The number of allylic oxidation sites excluding steroid dienone is 12. The minimum absolute atomic E-state index is 0. The van der Waals surface area contributed by atoms with E-state index in [1.165, 1.54) is 0 Å². The SMILES string of the molecule is C1=CC[N-]C(C2C=CC=C[N-]2)=C1.C1=CC[N-]C(C2C=CC=C[N-]2)=C1.C1=CC[N-]C(C2C=CC=C[N-]2)=C1.[Ru+8]. The number of hydrogen-bond donors (Lipinski definition) is 0. The predicted molar refractivity (Wildman–Crippen MR) is 153 cm³/mol. The van der Waals surface area contributed by atoms with Crippen LogP contribution in [0.5, 0.6) is 0 Å². The minimum atomic E-state index is 0. The maximum atomic E-state index is 4.35. The Labute approximate surface area is 233 Å². The molecule has 0 aliphatic carbocycles. The first kappa shape index (κ1) is 27.9. The Kier molecular flexibility index (Phi) is 12.2. The molecule has 6 aliphatic rings. The van der Waals surface area contributed by atoms with Crippen LogP contribution in [-0.2, 0) is 19.5 Å². The molecule has 0 amide bonds. The van der Waals surface area contributed by atoms with E-state index >= 15 is 0 Å². The zero-order valence-electron chi connectivity index (χ0n) is 20.5. The summed E-state index contributed by atoms with van der Waals surface area (Å²) in [7, 11) is 0. The van der Waals surface area contributed by atoms with E-state index < -0.39 is 0 Å². The van der Waals surface area contributed by atoms with E-state index in [1.54, 1.807) is 0 Å². The second-order valence-electron chi connectivity index (χ2n) is 8.04. The van der Waals surface area contributed by atoms with Gasteiger partial charge in [-0.2, -0.15) is 35.7 Å². The molecule has 7 heteroatoms. The first-order chi connectivity index (χ1) is 17.9. The van der Waals surface area contributed by atoms with E-state index in [0.717, 1.165) is 36.7 Å².